The van der Waals surface area contributed by atoms with Gasteiger partial charge in [-0.15, -0.1) is 0 Å². The van der Waals surface area contributed by atoms with Crippen LogP contribution < -0.4 is 10.5 Å². The summed E-state index contributed by atoms with van der Waals surface area (Å²) < 4.78 is 40.0. The summed E-state index contributed by atoms with van der Waals surface area (Å²) in [7, 11) is 0. The zero-order valence-electron chi connectivity index (χ0n) is 14.7. The highest BCUT2D eigenvalue weighted by atomic mass is 19.4. The van der Waals surface area contributed by atoms with Crippen molar-refractivity contribution in [1.82, 2.24) is 19.7 Å². The van der Waals surface area contributed by atoms with Gasteiger partial charge in [-0.3, -0.25) is 4.79 Å². The summed E-state index contributed by atoms with van der Waals surface area (Å²) >= 11 is 0. The molecule has 3 heterocycles. The maximum Gasteiger partial charge on any atom is 0.433 e. The molecule has 6 nitrogen and oxygen atoms in total. The second kappa shape index (κ2) is 6.94. The Bertz CT molecular complexity index is 887. The second-order valence-corrected chi connectivity index (χ2v) is 7.16. The van der Waals surface area contributed by atoms with E-state index in [-0.39, 0.29) is 17.4 Å². The van der Waals surface area contributed by atoms with Crippen LogP contribution in [0.15, 0.2) is 23.1 Å². The van der Waals surface area contributed by atoms with E-state index in [4.69, 9.17) is 0 Å². The predicted octanol–water partition coefficient (Wildman–Crippen LogP) is 2.46. The molecule has 0 spiro atoms. The van der Waals surface area contributed by atoms with E-state index in [1.807, 2.05) is 0 Å². The lowest BCUT2D eigenvalue weighted by Crippen LogP contribution is -2.38. The largest absolute Gasteiger partial charge is 0.433 e. The highest BCUT2D eigenvalue weighted by Gasteiger charge is 2.33. The lowest BCUT2D eigenvalue weighted by molar-refractivity contribution is -0.141. The molecule has 9 heteroatoms. The van der Waals surface area contributed by atoms with Crippen LogP contribution >= 0.6 is 0 Å². The average Bonchev–Trinajstić information content (AvgIpc) is 3.09. The Morgan fingerprint density at radius 1 is 1.19 bits per heavy atom. The van der Waals surface area contributed by atoms with Crippen molar-refractivity contribution in [2.45, 2.75) is 44.8 Å². The van der Waals surface area contributed by atoms with Crippen LogP contribution in [-0.2, 0) is 25.6 Å². The zero-order valence-corrected chi connectivity index (χ0v) is 14.7. The summed E-state index contributed by atoms with van der Waals surface area (Å²) in [5, 5.41) is 4.50. The Balaban J connectivity index is 1.41. The number of piperidine rings is 1. The van der Waals surface area contributed by atoms with E-state index in [2.05, 4.69) is 15.1 Å². The highest BCUT2D eigenvalue weighted by Crippen LogP contribution is 2.29. The minimum absolute atomic E-state index is 0.0701. The molecule has 0 aromatic carbocycles. The Morgan fingerprint density at radius 3 is 2.70 bits per heavy atom. The fraction of sp³-hybridized carbons (Fsp3) is 0.556. The van der Waals surface area contributed by atoms with Crippen molar-refractivity contribution in [1.29, 1.82) is 0 Å². The highest BCUT2D eigenvalue weighted by molar-refractivity contribution is 5.31. The van der Waals surface area contributed by atoms with Crippen molar-refractivity contribution >= 4 is 5.95 Å². The van der Waals surface area contributed by atoms with E-state index in [0.717, 1.165) is 55.6 Å². The first kappa shape index (κ1) is 17.9. The molecule has 0 radical (unpaired) electrons. The molecular formula is C18H20F3N5O. The van der Waals surface area contributed by atoms with E-state index in [9.17, 15) is 18.0 Å². The molecule has 1 fully saturated rings. The summed E-state index contributed by atoms with van der Waals surface area (Å²) in [5.74, 6) is 0.368. The van der Waals surface area contributed by atoms with Crippen molar-refractivity contribution in [3.63, 3.8) is 0 Å². The second-order valence-electron chi connectivity index (χ2n) is 7.16. The summed E-state index contributed by atoms with van der Waals surface area (Å²) in [6.45, 7) is 1.67. The maximum atomic E-state index is 12.8. The topological polar surface area (TPSA) is 63.9 Å². The Kier molecular flexibility index (Phi) is 4.61. The number of rotatable bonds is 3. The van der Waals surface area contributed by atoms with E-state index >= 15 is 0 Å². The van der Waals surface area contributed by atoms with Crippen LogP contribution in [0.5, 0.6) is 0 Å². The van der Waals surface area contributed by atoms with Crippen molar-refractivity contribution in [3.8, 4) is 0 Å². The molecule has 0 unspecified atom stereocenters. The molecule has 1 aliphatic carbocycles. The monoisotopic (exact) mass is 379 g/mol. The van der Waals surface area contributed by atoms with Gasteiger partial charge in [-0.05, 0) is 49.7 Å². The Morgan fingerprint density at radius 2 is 1.96 bits per heavy atom. The first-order chi connectivity index (χ1) is 12.9. The van der Waals surface area contributed by atoms with Crippen LogP contribution in [-0.4, -0.2) is 32.8 Å². The van der Waals surface area contributed by atoms with Gasteiger partial charge >= 0.3 is 6.18 Å². The third-order valence-electron chi connectivity index (χ3n) is 5.29. The first-order valence-corrected chi connectivity index (χ1v) is 9.15. The quantitative estimate of drug-likeness (QED) is 0.820. The van der Waals surface area contributed by atoms with Gasteiger partial charge in [0.1, 0.15) is 5.69 Å². The number of hydrogen-bond donors (Lipinski definition) is 0. The molecular weight excluding hydrogens is 359 g/mol. The lowest BCUT2D eigenvalue weighted by atomic mass is 9.97. The summed E-state index contributed by atoms with van der Waals surface area (Å²) in [5.41, 5.74) is 1.08. The lowest BCUT2D eigenvalue weighted by Gasteiger charge is -2.32. The molecule has 1 aliphatic heterocycles. The SMILES string of the molecule is O=c1cc2c(nn1CC1CCN(c3nccc(C(F)(F)F)n3)CC1)CCC2. The standard InChI is InChI=1S/C18H20F3N5O/c19-18(20,21)15-4-7-22-17(23-15)25-8-5-12(6-9-25)11-26-16(27)10-13-2-1-3-14(13)24-26/h4,7,10,12H,1-3,5-6,8-9,11H2. The third-order valence-corrected chi connectivity index (χ3v) is 5.29. The van der Waals surface area contributed by atoms with E-state index in [0.29, 0.717) is 19.6 Å². The molecule has 2 aromatic heterocycles. The molecule has 0 amide bonds. The molecule has 2 aromatic rings. The van der Waals surface area contributed by atoms with Crippen molar-refractivity contribution in [2.24, 2.45) is 5.92 Å². The van der Waals surface area contributed by atoms with E-state index in [1.54, 1.807) is 15.6 Å². The molecule has 0 atom stereocenters. The van der Waals surface area contributed by atoms with Gasteiger partial charge in [-0.2, -0.15) is 18.3 Å². The molecule has 4 rings (SSSR count). The van der Waals surface area contributed by atoms with Crippen molar-refractivity contribution < 1.29 is 13.2 Å². The minimum Gasteiger partial charge on any atom is -0.341 e. The fourth-order valence-electron chi connectivity index (χ4n) is 3.79. The van der Waals surface area contributed by atoms with Crippen LogP contribution in [0.25, 0.3) is 0 Å². The summed E-state index contributed by atoms with van der Waals surface area (Å²) in [6.07, 6.45) is 1.06. The van der Waals surface area contributed by atoms with Gasteiger partial charge in [-0.1, -0.05) is 0 Å². The number of hydrogen-bond acceptors (Lipinski definition) is 5. The van der Waals surface area contributed by atoms with Gasteiger partial charge < -0.3 is 4.90 Å². The zero-order chi connectivity index (χ0) is 19.0. The van der Waals surface area contributed by atoms with Gasteiger partial charge in [0, 0.05) is 31.9 Å². The van der Waals surface area contributed by atoms with Gasteiger partial charge in [0.25, 0.3) is 5.56 Å². The van der Waals surface area contributed by atoms with Crippen LogP contribution in [0.1, 0.15) is 36.2 Å². The Hall–Kier alpha value is -2.45. The molecule has 0 N–H and O–H groups in total. The number of fused-ring (bicyclic) bond motifs is 1. The van der Waals surface area contributed by atoms with Gasteiger partial charge in [0.15, 0.2) is 0 Å². The number of aromatic nitrogens is 4. The maximum absolute atomic E-state index is 12.8. The van der Waals surface area contributed by atoms with Crippen LogP contribution in [0, 0.1) is 5.92 Å². The van der Waals surface area contributed by atoms with Crippen LogP contribution in [0.4, 0.5) is 19.1 Å². The van der Waals surface area contributed by atoms with E-state index in [1.165, 1.54) is 0 Å². The molecule has 144 valence electrons. The first-order valence-electron chi connectivity index (χ1n) is 9.15. The number of nitrogens with zero attached hydrogens (tertiary/aromatic N) is 5. The number of anilines is 1. The van der Waals surface area contributed by atoms with E-state index < -0.39 is 11.9 Å². The summed E-state index contributed by atoms with van der Waals surface area (Å²) in [6, 6.07) is 2.57. The van der Waals surface area contributed by atoms with Gasteiger partial charge in [0.2, 0.25) is 5.95 Å². The molecule has 0 saturated carbocycles. The van der Waals surface area contributed by atoms with Crippen LogP contribution in [0.2, 0.25) is 0 Å². The van der Waals surface area contributed by atoms with Crippen molar-refractivity contribution in [2.75, 3.05) is 18.0 Å². The smallest absolute Gasteiger partial charge is 0.341 e. The van der Waals surface area contributed by atoms with Gasteiger partial charge in [-0.25, -0.2) is 14.6 Å². The molecule has 27 heavy (non-hydrogen) atoms. The average molecular weight is 379 g/mol. The molecule has 1 saturated heterocycles. The predicted molar refractivity (Wildman–Crippen MR) is 92.5 cm³/mol. The van der Waals surface area contributed by atoms with Crippen LogP contribution in [0.3, 0.4) is 0 Å². The molecule has 0 bridgehead atoms. The normalized spacial score (nSPS) is 18.0. The number of halogens is 3. The van der Waals surface area contributed by atoms with Gasteiger partial charge in [0.05, 0.1) is 5.69 Å². The minimum atomic E-state index is -4.48. The fourth-order valence-corrected chi connectivity index (χ4v) is 3.79. The van der Waals surface area contributed by atoms with Crippen molar-refractivity contribution in [3.05, 3.63) is 45.6 Å². The number of alkyl halides is 3. The summed E-state index contributed by atoms with van der Waals surface area (Å²) in [4.78, 5) is 21.6. The Labute approximate surface area is 154 Å². The number of aryl methyl sites for hydroxylation is 2. The molecule has 2 aliphatic rings. The third kappa shape index (κ3) is 3.81.